The topological polar surface area (TPSA) is 87.8 Å². The number of sulfonamides is 1. The van der Waals surface area contributed by atoms with Gasteiger partial charge in [-0.1, -0.05) is 41.5 Å². The van der Waals surface area contributed by atoms with E-state index in [1.807, 2.05) is 0 Å². The van der Waals surface area contributed by atoms with Crippen molar-refractivity contribution in [3.05, 3.63) is 11.3 Å². The molecule has 0 bridgehead atoms. The maximum absolute atomic E-state index is 12.2. The van der Waals surface area contributed by atoms with Crippen LogP contribution in [0.5, 0.6) is 0 Å². The summed E-state index contributed by atoms with van der Waals surface area (Å²) >= 11 is 0. The number of nitrogens with two attached hydrogens (primary N) is 1. The van der Waals surface area contributed by atoms with E-state index >= 15 is 0 Å². The molecule has 0 aromatic heterocycles. The molecule has 7 heteroatoms. The second-order valence-corrected chi connectivity index (χ2v) is 11.1. The molecule has 1 saturated heterocycles. The molecule has 2 aliphatic rings. The van der Waals surface area contributed by atoms with Crippen LogP contribution in [0.15, 0.2) is 16.3 Å². The average molecular weight is 371 g/mol. The Bertz CT molecular complexity index is 681. The van der Waals surface area contributed by atoms with Gasteiger partial charge in [0.2, 0.25) is 10.0 Å². The molecule has 144 valence electrons. The molecular formula is C18H34N4O2S. The molecule has 0 aromatic carbocycles. The maximum Gasteiger partial charge on any atom is 0.213 e. The minimum atomic E-state index is -3.34. The van der Waals surface area contributed by atoms with Gasteiger partial charge in [-0.15, -0.1) is 0 Å². The van der Waals surface area contributed by atoms with Gasteiger partial charge in [0.1, 0.15) is 5.84 Å². The molecule has 3 N–H and O–H groups in total. The fourth-order valence-corrected chi connectivity index (χ4v) is 5.07. The summed E-state index contributed by atoms with van der Waals surface area (Å²) in [7, 11) is -3.34. The summed E-state index contributed by atoms with van der Waals surface area (Å²) in [6.07, 6.45) is 0.704. The van der Waals surface area contributed by atoms with Crippen LogP contribution < -0.4 is 10.5 Å². The lowest BCUT2D eigenvalue weighted by molar-refractivity contribution is 0.393. The van der Waals surface area contributed by atoms with Crippen LogP contribution in [0.25, 0.3) is 0 Å². The molecule has 2 atom stereocenters. The first-order chi connectivity index (χ1) is 11.3. The number of nitrogens with one attached hydrogen (secondary N) is 1. The third-order valence-corrected chi connectivity index (χ3v) is 6.15. The van der Waals surface area contributed by atoms with Gasteiger partial charge >= 0.3 is 0 Å². The Morgan fingerprint density at radius 3 is 2.28 bits per heavy atom. The van der Waals surface area contributed by atoms with Gasteiger partial charge in [-0.05, 0) is 17.9 Å². The van der Waals surface area contributed by atoms with E-state index in [1.165, 1.54) is 11.3 Å². The number of rotatable bonds is 4. The van der Waals surface area contributed by atoms with E-state index in [4.69, 9.17) is 10.7 Å². The van der Waals surface area contributed by atoms with Gasteiger partial charge in [-0.2, -0.15) is 0 Å². The molecule has 2 rings (SSSR count). The zero-order valence-corrected chi connectivity index (χ0v) is 17.5. The Hall–Kier alpha value is -0.920. The van der Waals surface area contributed by atoms with Crippen LogP contribution in [0, 0.1) is 10.8 Å². The summed E-state index contributed by atoms with van der Waals surface area (Å²) in [5.41, 5.74) is 7.87. The van der Waals surface area contributed by atoms with Gasteiger partial charge in [0, 0.05) is 36.7 Å². The van der Waals surface area contributed by atoms with Crippen LogP contribution in [0.3, 0.4) is 0 Å². The first-order valence-electron chi connectivity index (χ1n) is 9.05. The molecule has 25 heavy (non-hydrogen) atoms. The van der Waals surface area contributed by atoms with Crippen molar-refractivity contribution in [1.29, 1.82) is 0 Å². The van der Waals surface area contributed by atoms with Crippen molar-refractivity contribution in [3.63, 3.8) is 0 Å². The highest BCUT2D eigenvalue weighted by Gasteiger charge is 2.43. The molecule has 2 aliphatic heterocycles. The number of aliphatic imine (C=N–C) groups is 1. The van der Waals surface area contributed by atoms with E-state index in [0.29, 0.717) is 13.0 Å². The van der Waals surface area contributed by atoms with Gasteiger partial charge in [0.25, 0.3) is 0 Å². The van der Waals surface area contributed by atoms with E-state index in [2.05, 4.69) is 58.1 Å². The van der Waals surface area contributed by atoms with E-state index < -0.39 is 10.0 Å². The van der Waals surface area contributed by atoms with Gasteiger partial charge in [-0.25, -0.2) is 13.1 Å². The lowest BCUT2D eigenvalue weighted by atomic mass is 9.79. The third-order valence-electron chi connectivity index (χ3n) is 4.68. The van der Waals surface area contributed by atoms with Crippen molar-refractivity contribution in [2.75, 3.05) is 18.8 Å². The standard InChI is InChI=1S/C18H34N4O2S/c1-12-15(17(2,3)4)14-10-13(21-25(23,24)9-8-19)11-22(14)16(20-12)18(5,6)7/h12-13,21H,8-11,19H2,1-7H3/t12-,13-/m0/s1. The Morgan fingerprint density at radius 1 is 1.20 bits per heavy atom. The second-order valence-electron chi connectivity index (χ2n) is 9.23. The van der Waals surface area contributed by atoms with Crippen molar-refractivity contribution < 1.29 is 8.42 Å². The van der Waals surface area contributed by atoms with Crippen LogP contribution in [0.4, 0.5) is 0 Å². The highest BCUT2D eigenvalue weighted by molar-refractivity contribution is 7.89. The minimum absolute atomic E-state index is 0.00899. The Labute approximate surface area is 153 Å². The fourth-order valence-electron chi connectivity index (χ4n) is 3.97. The lowest BCUT2D eigenvalue weighted by Gasteiger charge is -2.41. The Kier molecular flexibility index (Phi) is 5.44. The molecule has 0 spiro atoms. The molecule has 0 aliphatic carbocycles. The summed E-state index contributed by atoms with van der Waals surface area (Å²) in [6, 6.07) is -0.0263. The van der Waals surface area contributed by atoms with Gasteiger partial charge in [-0.3, -0.25) is 4.99 Å². The highest BCUT2D eigenvalue weighted by Crippen LogP contribution is 2.42. The van der Waals surface area contributed by atoms with Gasteiger partial charge in [0.05, 0.1) is 11.8 Å². The predicted octanol–water partition coefficient (Wildman–Crippen LogP) is 2.09. The summed E-state index contributed by atoms with van der Waals surface area (Å²) in [6.45, 7) is 16.0. The summed E-state index contributed by atoms with van der Waals surface area (Å²) in [4.78, 5) is 7.25. The van der Waals surface area contributed by atoms with E-state index in [9.17, 15) is 8.42 Å². The van der Waals surface area contributed by atoms with Crippen LogP contribution >= 0.6 is 0 Å². The second kappa shape index (κ2) is 6.67. The monoisotopic (exact) mass is 370 g/mol. The van der Waals surface area contributed by atoms with Crippen molar-refractivity contribution in [2.24, 2.45) is 21.6 Å². The molecule has 0 saturated carbocycles. The smallest absolute Gasteiger partial charge is 0.213 e. The maximum atomic E-state index is 12.2. The number of hydrogen-bond donors (Lipinski definition) is 2. The lowest BCUT2D eigenvalue weighted by Crippen LogP contribution is -2.45. The van der Waals surface area contributed by atoms with Crippen LogP contribution in [-0.4, -0.2) is 50.1 Å². The quantitative estimate of drug-likeness (QED) is 0.793. The SMILES string of the molecule is C[C@@H]1N=C(C(C)(C)C)N2C[C@@H](NS(=O)(=O)CCN)CC2=C1C(C)(C)C. The third kappa shape index (κ3) is 4.44. The van der Waals surface area contributed by atoms with Crippen molar-refractivity contribution in [2.45, 2.75) is 67.0 Å². The number of nitrogens with zero attached hydrogens (tertiary/aromatic N) is 2. The predicted molar refractivity (Wildman–Crippen MR) is 104 cm³/mol. The molecule has 0 amide bonds. The fraction of sp³-hybridized carbons (Fsp3) is 0.833. The van der Waals surface area contributed by atoms with Gasteiger partial charge in [0.15, 0.2) is 0 Å². The van der Waals surface area contributed by atoms with Crippen LogP contribution in [-0.2, 0) is 10.0 Å². The van der Waals surface area contributed by atoms with E-state index in [1.54, 1.807) is 0 Å². The van der Waals surface area contributed by atoms with E-state index in [-0.39, 0.29) is 35.2 Å². The highest BCUT2D eigenvalue weighted by atomic mass is 32.2. The zero-order valence-electron chi connectivity index (χ0n) is 16.7. The number of amidine groups is 1. The van der Waals surface area contributed by atoms with Crippen molar-refractivity contribution in [1.82, 2.24) is 9.62 Å². The van der Waals surface area contributed by atoms with Crippen LogP contribution in [0.1, 0.15) is 54.9 Å². The summed E-state index contributed by atoms with van der Waals surface area (Å²) in [5, 5.41) is 0. The number of hydrogen-bond acceptors (Lipinski definition) is 5. The van der Waals surface area contributed by atoms with Crippen molar-refractivity contribution >= 4 is 15.9 Å². The molecular weight excluding hydrogens is 336 g/mol. The Balaban J connectivity index is 2.41. The molecule has 2 heterocycles. The van der Waals surface area contributed by atoms with Crippen molar-refractivity contribution in [3.8, 4) is 0 Å². The van der Waals surface area contributed by atoms with E-state index in [0.717, 1.165) is 5.84 Å². The van der Waals surface area contributed by atoms with Gasteiger partial charge < -0.3 is 10.6 Å². The normalized spacial score (nSPS) is 25.3. The molecule has 6 nitrogen and oxygen atoms in total. The average Bonchev–Trinajstić information content (AvgIpc) is 2.75. The largest absolute Gasteiger partial charge is 0.332 e. The van der Waals surface area contributed by atoms with Crippen LogP contribution in [0.2, 0.25) is 0 Å². The Morgan fingerprint density at radius 2 is 1.80 bits per heavy atom. The summed E-state index contributed by atoms with van der Waals surface area (Å²) in [5.74, 6) is 1.01. The molecule has 0 aromatic rings. The minimum Gasteiger partial charge on any atom is -0.332 e. The first kappa shape index (κ1) is 20.4. The number of fused-ring (bicyclic) bond motifs is 1. The first-order valence-corrected chi connectivity index (χ1v) is 10.7. The molecule has 1 fully saturated rings. The summed E-state index contributed by atoms with van der Waals surface area (Å²) < 4.78 is 27.1. The molecule has 0 unspecified atom stereocenters. The zero-order chi connectivity index (χ0) is 19.2. The molecule has 0 radical (unpaired) electrons.